The molecule has 0 aliphatic carbocycles. The molecule has 0 amide bonds. The minimum absolute atomic E-state index is 0.200. The number of hydrogen-bond donors (Lipinski definition) is 2. The van der Waals surface area contributed by atoms with Crippen molar-refractivity contribution in [2.24, 2.45) is 0 Å². The SMILES string of the molecule is O=c1ccc(OC2CCN2c2cccc(CO)c2F)c[nH]1. The highest BCUT2D eigenvalue weighted by atomic mass is 19.1. The number of pyridine rings is 1. The van der Waals surface area contributed by atoms with Gasteiger partial charge in [-0.15, -0.1) is 0 Å². The van der Waals surface area contributed by atoms with Crippen molar-refractivity contribution >= 4 is 5.69 Å². The molecule has 1 aliphatic rings. The molecule has 2 aromatic rings. The van der Waals surface area contributed by atoms with Crippen LogP contribution in [0, 0.1) is 5.82 Å². The molecule has 0 spiro atoms. The van der Waals surface area contributed by atoms with Crippen molar-refractivity contribution in [1.82, 2.24) is 4.98 Å². The van der Waals surface area contributed by atoms with Crippen molar-refractivity contribution in [2.75, 3.05) is 11.4 Å². The number of rotatable bonds is 4. The van der Waals surface area contributed by atoms with Gasteiger partial charge < -0.3 is 19.7 Å². The third-order valence-corrected chi connectivity index (χ3v) is 3.53. The summed E-state index contributed by atoms with van der Waals surface area (Å²) in [7, 11) is 0. The van der Waals surface area contributed by atoms with Crippen LogP contribution in [0.1, 0.15) is 12.0 Å². The van der Waals surface area contributed by atoms with Gasteiger partial charge in [-0.2, -0.15) is 0 Å². The molecule has 2 N–H and O–H groups in total. The molecule has 1 aliphatic heterocycles. The minimum atomic E-state index is -0.422. The molecular weight excluding hydrogens is 275 g/mol. The maximum absolute atomic E-state index is 14.2. The molecule has 3 rings (SSSR count). The lowest BCUT2D eigenvalue weighted by Crippen LogP contribution is -2.51. The Morgan fingerprint density at radius 1 is 1.38 bits per heavy atom. The van der Waals surface area contributed by atoms with E-state index in [0.717, 1.165) is 6.42 Å². The zero-order chi connectivity index (χ0) is 14.8. The van der Waals surface area contributed by atoms with Gasteiger partial charge in [0, 0.05) is 30.8 Å². The van der Waals surface area contributed by atoms with Crippen molar-refractivity contribution in [3.8, 4) is 5.75 Å². The molecule has 5 nitrogen and oxygen atoms in total. The van der Waals surface area contributed by atoms with Gasteiger partial charge in [-0.25, -0.2) is 4.39 Å². The molecule has 1 atom stereocenters. The molecule has 1 aromatic carbocycles. The van der Waals surface area contributed by atoms with E-state index in [1.54, 1.807) is 29.2 Å². The standard InChI is InChI=1S/C15H15FN2O3/c16-15-10(9-19)2-1-3-12(15)18-7-6-14(18)21-11-4-5-13(20)17-8-11/h1-5,8,14,19H,6-7,9H2,(H,17,20). The first-order valence-electron chi connectivity index (χ1n) is 6.69. The number of aromatic nitrogens is 1. The Kier molecular flexibility index (Phi) is 3.62. The van der Waals surface area contributed by atoms with Crippen LogP contribution >= 0.6 is 0 Å². The summed E-state index contributed by atoms with van der Waals surface area (Å²) in [5, 5.41) is 9.12. The molecule has 2 heterocycles. The second-order valence-corrected chi connectivity index (χ2v) is 4.85. The molecule has 0 bridgehead atoms. The summed E-state index contributed by atoms with van der Waals surface area (Å²) in [5.74, 6) is 0.109. The van der Waals surface area contributed by atoms with E-state index in [0.29, 0.717) is 18.0 Å². The number of benzene rings is 1. The van der Waals surface area contributed by atoms with E-state index in [2.05, 4.69) is 4.98 Å². The van der Waals surface area contributed by atoms with Gasteiger partial charge in [0.05, 0.1) is 12.3 Å². The number of aliphatic hydroxyl groups is 1. The number of ether oxygens (including phenoxy) is 1. The van der Waals surface area contributed by atoms with Crippen molar-refractivity contribution in [2.45, 2.75) is 19.3 Å². The number of nitrogens with zero attached hydrogens (tertiary/aromatic N) is 1. The van der Waals surface area contributed by atoms with Gasteiger partial charge in [0.15, 0.2) is 12.0 Å². The van der Waals surface area contributed by atoms with Crippen molar-refractivity contribution in [3.63, 3.8) is 0 Å². The van der Waals surface area contributed by atoms with E-state index in [-0.39, 0.29) is 24.0 Å². The van der Waals surface area contributed by atoms with Crippen LogP contribution in [-0.2, 0) is 6.61 Å². The summed E-state index contributed by atoms with van der Waals surface area (Å²) in [4.78, 5) is 15.3. The summed E-state index contributed by atoms with van der Waals surface area (Å²) in [6.07, 6.45) is 1.97. The molecule has 0 saturated carbocycles. The number of nitrogens with one attached hydrogen (secondary N) is 1. The first-order valence-corrected chi connectivity index (χ1v) is 6.69. The van der Waals surface area contributed by atoms with E-state index in [4.69, 9.17) is 9.84 Å². The van der Waals surface area contributed by atoms with Crippen LogP contribution in [0.5, 0.6) is 5.75 Å². The Bertz CT molecular complexity index is 681. The van der Waals surface area contributed by atoms with Gasteiger partial charge in [0.1, 0.15) is 5.75 Å². The van der Waals surface area contributed by atoms with Crippen LogP contribution in [0.2, 0.25) is 0 Å². The molecule has 1 unspecified atom stereocenters. The maximum Gasteiger partial charge on any atom is 0.248 e. The predicted octanol–water partition coefficient (Wildman–Crippen LogP) is 1.62. The average Bonchev–Trinajstić information content (AvgIpc) is 2.47. The van der Waals surface area contributed by atoms with Crippen molar-refractivity contribution in [1.29, 1.82) is 0 Å². The van der Waals surface area contributed by atoms with Crippen LogP contribution in [-0.4, -0.2) is 22.9 Å². The highest BCUT2D eigenvalue weighted by Crippen LogP contribution is 2.31. The number of hydrogen-bond acceptors (Lipinski definition) is 4. The molecule has 110 valence electrons. The van der Waals surface area contributed by atoms with E-state index < -0.39 is 5.82 Å². The second kappa shape index (κ2) is 5.57. The maximum atomic E-state index is 14.2. The summed E-state index contributed by atoms with van der Waals surface area (Å²) >= 11 is 0. The summed E-state index contributed by atoms with van der Waals surface area (Å²) < 4.78 is 19.9. The normalized spacial score (nSPS) is 17.4. The topological polar surface area (TPSA) is 65.6 Å². The Labute approximate surface area is 120 Å². The van der Waals surface area contributed by atoms with Gasteiger partial charge in [-0.1, -0.05) is 12.1 Å². The molecular formula is C15H15FN2O3. The largest absolute Gasteiger partial charge is 0.469 e. The zero-order valence-electron chi connectivity index (χ0n) is 11.3. The van der Waals surface area contributed by atoms with E-state index >= 15 is 0 Å². The van der Waals surface area contributed by atoms with E-state index in [1.165, 1.54) is 12.3 Å². The van der Waals surface area contributed by atoms with Gasteiger partial charge >= 0.3 is 0 Å². The van der Waals surface area contributed by atoms with Gasteiger partial charge in [0.25, 0.3) is 0 Å². The van der Waals surface area contributed by atoms with Crippen molar-refractivity contribution < 1.29 is 14.2 Å². The Morgan fingerprint density at radius 3 is 2.86 bits per heavy atom. The summed E-state index contributed by atoms with van der Waals surface area (Å²) in [6.45, 7) is 0.346. The van der Waals surface area contributed by atoms with Gasteiger partial charge in [-0.05, 0) is 12.1 Å². The monoisotopic (exact) mass is 290 g/mol. The third-order valence-electron chi connectivity index (χ3n) is 3.53. The molecule has 1 saturated heterocycles. The van der Waals surface area contributed by atoms with Crippen LogP contribution in [0.4, 0.5) is 10.1 Å². The Hall–Kier alpha value is -2.34. The Balaban J connectivity index is 1.78. The lowest BCUT2D eigenvalue weighted by Gasteiger charge is -2.42. The molecule has 21 heavy (non-hydrogen) atoms. The van der Waals surface area contributed by atoms with Crippen LogP contribution in [0.25, 0.3) is 0 Å². The second-order valence-electron chi connectivity index (χ2n) is 4.85. The fourth-order valence-electron chi connectivity index (χ4n) is 2.30. The number of aromatic amines is 1. The van der Waals surface area contributed by atoms with Crippen molar-refractivity contribution in [3.05, 3.63) is 58.3 Å². The molecule has 1 aromatic heterocycles. The summed E-state index contributed by atoms with van der Waals surface area (Å²) in [6, 6.07) is 7.88. The first-order chi connectivity index (χ1) is 10.2. The number of aliphatic hydroxyl groups excluding tert-OH is 1. The highest BCUT2D eigenvalue weighted by molar-refractivity contribution is 5.53. The summed E-state index contributed by atoms with van der Waals surface area (Å²) in [5.41, 5.74) is 0.485. The first kappa shape index (κ1) is 13.6. The third kappa shape index (κ3) is 2.62. The number of H-pyrrole nitrogens is 1. The van der Waals surface area contributed by atoms with E-state index in [1.807, 2.05) is 0 Å². The van der Waals surface area contributed by atoms with Gasteiger partial charge in [0.2, 0.25) is 5.56 Å². The fraction of sp³-hybridized carbons (Fsp3) is 0.267. The smallest absolute Gasteiger partial charge is 0.248 e. The molecule has 1 fully saturated rings. The Morgan fingerprint density at radius 2 is 2.24 bits per heavy atom. The van der Waals surface area contributed by atoms with Crippen LogP contribution < -0.4 is 15.2 Å². The lowest BCUT2D eigenvalue weighted by atomic mass is 10.1. The number of anilines is 1. The van der Waals surface area contributed by atoms with Gasteiger partial charge in [-0.3, -0.25) is 4.79 Å². The quantitative estimate of drug-likeness (QED) is 0.898. The minimum Gasteiger partial charge on any atom is -0.469 e. The highest BCUT2D eigenvalue weighted by Gasteiger charge is 2.32. The molecule has 6 heteroatoms. The van der Waals surface area contributed by atoms with Crippen LogP contribution in [0.3, 0.4) is 0 Å². The van der Waals surface area contributed by atoms with Crippen LogP contribution in [0.15, 0.2) is 41.3 Å². The zero-order valence-corrected chi connectivity index (χ0v) is 11.3. The fourth-order valence-corrected chi connectivity index (χ4v) is 2.30. The molecule has 0 radical (unpaired) electrons. The average molecular weight is 290 g/mol. The van der Waals surface area contributed by atoms with E-state index in [9.17, 15) is 9.18 Å². The number of halogens is 1. The lowest BCUT2D eigenvalue weighted by molar-refractivity contribution is 0.137. The predicted molar refractivity (Wildman–Crippen MR) is 75.8 cm³/mol.